The minimum absolute atomic E-state index is 0.224. The molecule has 0 amide bonds. The first kappa shape index (κ1) is 18.0. The molecule has 0 N–H and O–H groups in total. The van der Waals surface area contributed by atoms with Gasteiger partial charge >= 0.3 is 5.97 Å². The number of hydrogen-bond acceptors (Lipinski definition) is 5. The second kappa shape index (κ2) is 8.06. The predicted molar refractivity (Wildman–Crippen MR) is 101 cm³/mol. The second-order valence-corrected chi connectivity index (χ2v) is 5.85. The Morgan fingerprint density at radius 2 is 1.73 bits per heavy atom. The molecule has 134 valence electrons. The number of esters is 1. The number of aliphatic imine (C=N–C) groups is 1. The Morgan fingerprint density at radius 3 is 2.42 bits per heavy atom. The summed E-state index contributed by atoms with van der Waals surface area (Å²) in [5, 5.41) is 0.604. The van der Waals surface area contributed by atoms with E-state index in [1.165, 1.54) is 0 Å². The van der Waals surface area contributed by atoms with E-state index in [2.05, 4.69) is 4.99 Å². The molecule has 1 heterocycles. The Labute approximate surface area is 156 Å². The standard InChI is InChI=1S/C20H18ClNO4/c1-3-24-17-10-5-13(12-18(17)25-4-2)11-16-20(23)26-19(22-16)14-6-8-15(21)9-7-14/h5-12H,3-4H2,1-2H3/b16-11-. The monoisotopic (exact) mass is 371 g/mol. The SMILES string of the molecule is CCOc1ccc(/C=C2\N=C(c3ccc(Cl)cc3)OC2=O)cc1OCC. The Balaban J connectivity index is 1.90. The largest absolute Gasteiger partial charge is 0.490 e. The molecule has 0 saturated heterocycles. The third-order valence-corrected chi connectivity index (χ3v) is 3.83. The van der Waals surface area contributed by atoms with Crippen LogP contribution < -0.4 is 9.47 Å². The molecule has 3 rings (SSSR count). The molecule has 0 bridgehead atoms. The molecular weight excluding hydrogens is 354 g/mol. The van der Waals surface area contributed by atoms with Crippen molar-refractivity contribution in [1.29, 1.82) is 0 Å². The zero-order valence-corrected chi connectivity index (χ0v) is 15.2. The summed E-state index contributed by atoms with van der Waals surface area (Å²) in [4.78, 5) is 16.4. The molecule has 0 radical (unpaired) electrons. The van der Waals surface area contributed by atoms with E-state index in [4.69, 9.17) is 25.8 Å². The highest BCUT2D eigenvalue weighted by atomic mass is 35.5. The van der Waals surface area contributed by atoms with Crippen LogP contribution >= 0.6 is 11.6 Å². The van der Waals surface area contributed by atoms with Gasteiger partial charge in [-0.15, -0.1) is 0 Å². The smallest absolute Gasteiger partial charge is 0.363 e. The summed E-state index contributed by atoms with van der Waals surface area (Å²) in [5.41, 5.74) is 1.68. The topological polar surface area (TPSA) is 57.1 Å². The van der Waals surface area contributed by atoms with Gasteiger partial charge in [0.15, 0.2) is 17.2 Å². The van der Waals surface area contributed by atoms with Crippen LogP contribution in [0.5, 0.6) is 11.5 Å². The van der Waals surface area contributed by atoms with Crippen LogP contribution in [-0.4, -0.2) is 25.1 Å². The Hall–Kier alpha value is -2.79. The fourth-order valence-electron chi connectivity index (χ4n) is 2.44. The second-order valence-electron chi connectivity index (χ2n) is 5.42. The first-order chi connectivity index (χ1) is 12.6. The molecule has 0 saturated carbocycles. The number of halogens is 1. The van der Waals surface area contributed by atoms with Crippen LogP contribution in [0.4, 0.5) is 0 Å². The van der Waals surface area contributed by atoms with Gasteiger partial charge in [-0.2, -0.15) is 0 Å². The van der Waals surface area contributed by atoms with Crippen molar-refractivity contribution in [1.82, 2.24) is 0 Å². The third-order valence-electron chi connectivity index (χ3n) is 3.58. The Bertz CT molecular complexity index is 872. The Kier molecular flexibility index (Phi) is 5.58. The number of hydrogen-bond donors (Lipinski definition) is 0. The first-order valence-corrected chi connectivity index (χ1v) is 8.66. The molecule has 6 heteroatoms. The Morgan fingerprint density at radius 1 is 1.04 bits per heavy atom. The first-order valence-electron chi connectivity index (χ1n) is 8.29. The molecule has 2 aromatic carbocycles. The highest BCUT2D eigenvalue weighted by Crippen LogP contribution is 2.30. The van der Waals surface area contributed by atoms with Crippen molar-refractivity contribution < 1.29 is 19.0 Å². The van der Waals surface area contributed by atoms with Gasteiger partial charge in [-0.1, -0.05) is 17.7 Å². The summed E-state index contributed by atoms with van der Waals surface area (Å²) in [5.74, 6) is 1.04. The van der Waals surface area contributed by atoms with Crippen molar-refractivity contribution in [2.45, 2.75) is 13.8 Å². The van der Waals surface area contributed by atoms with Gasteiger partial charge in [0.25, 0.3) is 0 Å². The lowest BCUT2D eigenvalue weighted by Gasteiger charge is -2.11. The fourth-order valence-corrected chi connectivity index (χ4v) is 2.57. The maximum Gasteiger partial charge on any atom is 0.363 e. The number of rotatable bonds is 6. The van der Waals surface area contributed by atoms with Crippen LogP contribution in [0.3, 0.4) is 0 Å². The van der Waals surface area contributed by atoms with Gasteiger partial charge in [-0.3, -0.25) is 0 Å². The van der Waals surface area contributed by atoms with Gasteiger partial charge in [0.2, 0.25) is 5.90 Å². The van der Waals surface area contributed by atoms with Gasteiger partial charge in [-0.05, 0) is 61.9 Å². The lowest BCUT2D eigenvalue weighted by atomic mass is 10.1. The summed E-state index contributed by atoms with van der Waals surface area (Å²) < 4.78 is 16.4. The van der Waals surface area contributed by atoms with Crippen molar-refractivity contribution in [3.05, 3.63) is 64.3 Å². The maximum atomic E-state index is 12.1. The highest BCUT2D eigenvalue weighted by molar-refractivity contribution is 6.30. The van der Waals surface area contributed by atoms with Gasteiger partial charge in [-0.25, -0.2) is 9.79 Å². The normalized spacial score (nSPS) is 15.0. The number of benzene rings is 2. The molecule has 2 aromatic rings. The molecule has 26 heavy (non-hydrogen) atoms. The van der Waals surface area contributed by atoms with E-state index in [1.807, 2.05) is 32.0 Å². The zero-order valence-electron chi connectivity index (χ0n) is 14.5. The van der Waals surface area contributed by atoms with E-state index >= 15 is 0 Å². The van der Waals surface area contributed by atoms with Gasteiger partial charge in [0.1, 0.15) is 0 Å². The molecule has 0 aliphatic carbocycles. The molecule has 0 spiro atoms. The number of cyclic esters (lactones) is 1. The van der Waals surface area contributed by atoms with Crippen molar-refractivity contribution >= 4 is 29.5 Å². The van der Waals surface area contributed by atoms with E-state index in [-0.39, 0.29) is 11.6 Å². The van der Waals surface area contributed by atoms with Crippen LogP contribution in [0, 0.1) is 0 Å². The molecule has 0 unspecified atom stereocenters. The average molecular weight is 372 g/mol. The molecule has 0 atom stereocenters. The quantitative estimate of drug-likeness (QED) is 0.555. The van der Waals surface area contributed by atoms with Gasteiger partial charge in [0, 0.05) is 10.6 Å². The van der Waals surface area contributed by atoms with E-state index in [0.29, 0.717) is 35.3 Å². The molecule has 0 fully saturated rings. The van der Waals surface area contributed by atoms with Crippen molar-refractivity contribution in [2.24, 2.45) is 4.99 Å². The lowest BCUT2D eigenvalue weighted by molar-refractivity contribution is -0.129. The summed E-state index contributed by atoms with van der Waals surface area (Å²) in [7, 11) is 0. The number of nitrogens with zero attached hydrogens (tertiary/aromatic N) is 1. The van der Waals surface area contributed by atoms with Crippen LogP contribution in [0.25, 0.3) is 6.08 Å². The number of carbonyl (C=O) groups is 1. The summed E-state index contributed by atoms with van der Waals surface area (Å²) in [6.07, 6.45) is 1.66. The van der Waals surface area contributed by atoms with E-state index in [9.17, 15) is 4.79 Å². The van der Waals surface area contributed by atoms with Crippen LogP contribution in [-0.2, 0) is 9.53 Å². The molecule has 0 aromatic heterocycles. The fraction of sp³-hybridized carbons (Fsp3) is 0.200. The third kappa shape index (κ3) is 4.06. The molecular formula is C20H18ClNO4. The van der Waals surface area contributed by atoms with E-state index in [1.54, 1.807) is 30.3 Å². The van der Waals surface area contributed by atoms with Crippen LogP contribution in [0.1, 0.15) is 25.0 Å². The minimum Gasteiger partial charge on any atom is -0.490 e. The number of ether oxygens (including phenoxy) is 3. The highest BCUT2D eigenvalue weighted by Gasteiger charge is 2.24. The van der Waals surface area contributed by atoms with Crippen LogP contribution in [0.2, 0.25) is 5.02 Å². The van der Waals surface area contributed by atoms with E-state index in [0.717, 1.165) is 5.56 Å². The molecule has 1 aliphatic rings. The lowest BCUT2D eigenvalue weighted by Crippen LogP contribution is -2.05. The minimum atomic E-state index is -0.498. The number of carbonyl (C=O) groups excluding carboxylic acids is 1. The van der Waals surface area contributed by atoms with Gasteiger partial charge in [0.05, 0.1) is 13.2 Å². The maximum absolute atomic E-state index is 12.1. The molecule has 1 aliphatic heterocycles. The summed E-state index contributed by atoms with van der Waals surface area (Å²) >= 11 is 5.88. The van der Waals surface area contributed by atoms with E-state index < -0.39 is 5.97 Å². The van der Waals surface area contributed by atoms with Crippen LogP contribution in [0.15, 0.2) is 53.2 Å². The van der Waals surface area contributed by atoms with Gasteiger partial charge < -0.3 is 14.2 Å². The average Bonchev–Trinajstić information content (AvgIpc) is 2.99. The van der Waals surface area contributed by atoms with Crippen molar-refractivity contribution in [3.8, 4) is 11.5 Å². The molecule has 5 nitrogen and oxygen atoms in total. The zero-order chi connectivity index (χ0) is 18.5. The summed E-state index contributed by atoms with van der Waals surface area (Å²) in [6, 6.07) is 12.4. The predicted octanol–water partition coefficient (Wildman–Crippen LogP) is 4.48. The summed E-state index contributed by atoms with van der Waals surface area (Å²) in [6.45, 7) is 4.87. The van der Waals surface area contributed by atoms with Crippen molar-refractivity contribution in [2.75, 3.05) is 13.2 Å². The van der Waals surface area contributed by atoms with Crippen molar-refractivity contribution in [3.63, 3.8) is 0 Å².